The Bertz CT molecular complexity index is 831. The van der Waals surface area contributed by atoms with Crippen LogP contribution in [0.4, 0.5) is 8.78 Å². The zero-order chi connectivity index (χ0) is 20.1. The lowest BCUT2D eigenvalue weighted by molar-refractivity contribution is 0.0657. The van der Waals surface area contributed by atoms with Gasteiger partial charge < -0.3 is 19.5 Å². The van der Waals surface area contributed by atoms with Crippen LogP contribution in [-0.4, -0.2) is 61.4 Å². The number of hydrogen-bond donors (Lipinski definition) is 1. The molecule has 28 heavy (non-hydrogen) atoms. The molecule has 1 fully saturated rings. The first-order valence-electron chi connectivity index (χ1n) is 9.23. The number of carbonyl (C=O) groups is 1. The average Bonchev–Trinajstić information content (AvgIpc) is 3.25. The number of furan rings is 1. The van der Waals surface area contributed by atoms with Gasteiger partial charge in [0.05, 0.1) is 6.26 Å². The second-order valence-corrected chi connectivity index (χ2v) is 6.76. The summed E-state index contributed by atoms with van der Waals surface area (Å²) in [7, 11) is 1.70. The fourth-order valence-electron chi connectivity index (χ4n) is 3.19. The minimum Gasteiger partial charge on any atom is -0.459 e. The Morgan fingerprint density at radius 2 is 1.89 bits per heavy atom. The van der Waals surface area contributed by atoms with Crippen molar-refractivity contribution in [2.24, 2.45) is 4.99 Å². The van der Waals surface area contributed by atoms with Crippen LogP contribution in [0.25, 0.3) is 0 Å². The Labute approximate surface area is 162 Å². The monoisotopic (exact) mass is 390 g/mol. The lowest BCUT2D eigenvalue weighted by atomic mass is 10.0. The van der Waals surface area contributed by atoms with E-state index in [1.807, 2.05) is 6.92 Å². The molecule has 1 N–H and O–H groups in total. The van der Waals surface area contributed by atoms with E-state index < -0.39 is 11.6 Å². The molecule has 3 rings (SSSR count). The van der Waals surface area contributed by atoms with Crippen molar-refractivity contribution in [3.05, 3.63) is 59.6 Å². The summed E-state index contributed by atoms with van der Waals surface area (Å²) in [5, 5.41) is 3.28. The van der Waals surface area contributed by atoms with E-state index >= 15 is 0 Å². The van der Waals surface area contributed by atoms with Crippen molar-refractivity contribution in [2.75, 3.05) is 39.8 Å². The number of nitrogens with zero attached hydrogens (tertiary/aromatic N) is 3. The first kappa shape index (κ1) is 19.9. The first-order chi connectivity index (χ1) is 13.5. The van der Waals surface area contributed by atoms with Crippen LogP contribution in [-0.2, 0) is 0 Å². The maximum Gasteiger partial charge on any atom is 0.289 e. The van der Waals surface area contributed by atoms with Gasteiger partial charge in [0.15, 0.2) is 23.4 Å². The summed E-state index contributed by atoms with van der Waals surface area (Å²) in [4.78, 5) is 20.5. The fourth-order valence-corrected chi connectivity index (χ4v) is 3.19. The highest BCUT2D eigenvalue weighted by molar-refractivity contribution is 5.91. The minimum atomic E-state index is -0.846. The number of piperazine rings is 1. The molecule has 1 aliphatic heterocycles. The van der Waals surface area contributed by atoms with Gasteiger partial charge in [-0.1, -0.05) is 13.0 Å². The molecule has 0 aliphatic carbocycles. The summed E-state index contributed by atoms with van der Waals surface area (Å²) < 4.78 is 31.7. The van der Waals surface area contributed by atoms with Crippen molar-refractivity contribution in [1.29, 1.82) is 0 Å². The van der Waals surface area contributed by atoms with Crippen molar-refractivity contribution in [2.45, 2.75) is 12.8 Å². The molecular weight excluding hydrogens is 366 g/mol. The molecule has 1 unspecified atom stereocenters. The molecule has 6 nitrogen and oxygen atoms in total. The number of hydrogen-bond acceptors (Lipinski definition) is 3. The highest BCUT2D eigenvalue weighted by atomic mass is 19.2. The molecule has 1 atom stereocenters. The predicted octanol–water partition coefficient (Wildman–Crippen LogP) is 2.69. The van der Waals surface area contributed by atoms with Crippen LogP contribution in [0.2, 0.25) is 0 Å². The quantitative estimate of drug-likeness (QED) is 0.644. The maximum absolute atomic E-state index is 13.4. The van der Waals surface area contributed by atoms with Crippen molar-refractivity contribution in [1.82, 2.24) is 15.1 Å². The van der Waals surface area contributed by atoms with Crippen LogP contribution in [0.5, 0.6) is 0 Å². The number of aliphatic imine (C=N–C) groups is 1. The average molecular weight is 390 g/mol. The molecule has 1 saturated heterocycles. The van der Waals surface area contributed by atoms with Gasteiger partial charge in [0.25, 0.3) is 5.91 Å². The molecule has 0 spiro atoms. The van der Waals surface area contributed by atoms with Crippen LogP contribution in [0.15, 0.2) is 46.0 Å². The van der Waals surface area contributed by atoms with Crippen LogP contribution in [0, 0.1) is 11.6 Å². The van der Waals surface area contributed by atoms with Gasteiger partial charge >= 0.3 is 0 Å². The summed E-state index contributed by atoms with van der Waals surface area (Å²) in [5.74, 6) is -0.753. The molecule has 8 heteroatoms. The normalized spacial score (nSPS) is 16.2. The molecule has 150 valence electrons. The van der Waals surface area contributed by atoms with E-state index in [4.69, 9.17) is 4.42 Å². The summed E-state index contributed by atoms with van der Waals surface area (Å²) in [6, 6.07) is 7.32. The zero-order valence-electron chi connectivity index (χ0n) is 16.0. The van der Waals surface area contributed by atoms with Gasteiger partial charge in [-0.15, -0.1) is 0 Å². The van der Waals surface area contributed by atoms with Gasteiger partial charge in [-0.2, -0.15) is 0 Å². The van der Waals surface area contributed by atoms with E-state index in [0.29, 0.717) is 38.5 Å². The number of carbonyl (C=O) groups excluding carboxylic acids is 1. The molecular formula is C20H24F2N4O2. The zero-order valence-corrected chi connectivity index (χ0v) is 16.0. The second kappa shape index (κ2) is 8.86. The third-order valence-corrected chi connectivity index (χ3v) is 4.89. The smallest absolute Gasteiger partial charge is 0.289 e. The van der Waals surface area contributed by atoms with Gasteiger partial charge in [-0.05, 0) is 35.7 Å². The third-order valence-electron chi connectivity index (χ3n) is 4.89. The molecule has 1 aliphatic rings. The molecule has 1 aromatic carbocycles. The molecule has 2 heterocycles. The second-order valence-electron chi connectivity index (χ2n) is 6.76. The Kier molecular flexibility index (Phi) is 6.28. The van der Waals surface area contributed by atoms with Crippen molar-refractivity contribution < 1.29 is 18.0 Å². The summed E-state index contributed by atoms with van der Waals surface area (Å²) >= 11 is 0. The van der Waals surface area contributed by atoms with Gasteiger partial charge in [0.1, 0.15) is 0 Å². The molecule has 0 saturated carbocycles. The molecule has 0 radical (unpaired) electrons. The van der Waals surface area contributed by atoms with Crippen LogP contribution in [0.3, 0.4) is 0 Å². The number of guanidine groups is 1. The van der Waals surface area contributed by atoms with Crippen molar-refractivity contribution >= 4 is 11.9 Å². The van der Waals surface area contributed by atoms with Gasteiger partial charge in [0.2, 0.25) is 0 Å². The fraction of sp³-hybridized carbons (Fsp3) is 0.400. The SMILES string of the molecule is CN=C(NCC(C)c1ccc(F)c(F)c1)N1CCN(C(=O)c2ccco2)CC1. The van der Waals surface area contributed by atoms with Crippen LogP contribution in [0.1, 0.15) is 29.0 Å². The lowest BCUT2D eigenvalue weighted by Gasteiger charge is -2.36. The summed E-state index contributed by atoms with van der Waals surface area (Å²) in [6.07, 6.45) is 1.49. The topological polar surface area (TPSA) is 61.1 Å². The Morgan fingerprint density at radius 3 is 2.50 bits per heavy atom. The van der Waals surface area contributed by atoms with E-state index in [9.17, 15) is 13.6 Å². The lowest BCUT2D eigenvalue weighted by Crippen LogP contribution is -2.54. The largest absolute Gasteiger partial charge is 0.459 e. The Hall–Kier alpha value is -2.90. The van der Waals surface area contributed by atoms with Crippen molar-refractivity contribution in [3.63, 3.8) is 0 Å². The Balaban J connectivity index is 1.52. The van der Waals surface area contributed by atoms with E-state index in [1.165, 1.54) is 12.3 Å². The van der Waals surface area contributed by atoms with Crippen LogP contribution < -0.4 is 5.32 Å². The van der Waals surface area contributed by atoms with Crippen LogP contribution >= 0.6 is 0 Å². The number of nitrogens with one attached hydrogen (secondary N) is 1. The first-order valence-corrected chi connectivity index (χ1v) is 9.23. The van der Waals surface area contributed by atoms with Gasteiger partial charge in [0, 0.05) is 39.8 Å². The van der Waals surface area contributed by atoms with Gasteiger partial charge in [-0.25, -0.2) is 8.78 Å². The van der Waals surface area contributed by atoms with E-state index in [0.717, 1.165) is 17.6 Å². The number of halogens is 2. The third kappa shape index (κ3) is 4.49. The number of amides is 1. The van der Waals surface area contributed by atoms with Gasteiger partial charge in [-0.3, -0.25) is 9.79 Å². The van der Waals surface area contributed by atoms with E-state index in [2.05, 4.69) is 15.2 Å². The molecule has 1 amide bonds. The molecule has 1 aromatic heterocycles. The Morgan fingerprint density at radius 1 is 1.18 bits per heavy atom. The standard InChI is InChI=1S/C20H24F2N4O2/c1-14(15-5-6-16(21)17(22)12-15)13-24-20(23-2)26-9-7-25(8-10-26)19(27)18-4-3-11-28-18/h3-6,11-12,14H,7-10,13H2,1-2H3,(H,23,24). The highest BCUT2D eigenvalue weighted by Crippen LogP contribution is 2.17. The predicted molar refractivity (Wildman–Crippen MR) is 102 cm³/mol. The molecule has 0 bridgehead atoms. The van der Waals surface area contributed by atoms with E-state index in [-0.39, 0.29) is 11.8 Å². The number of benzene rings is 1. The summed E-state index contributed by atoms with van der Waals surface area (Å²) in [5.41, 5.74) is 0.718. The molecule has 2 aromatic rings. The summed E-state index contributed by atoms with van der Waals surface area (Å²) in [6.45, 7) is 4.89. The highest BCUT2D eigenvalue weighted by Gasteiger charge is 2.25. The maximum atomic E-state index is 13.4. The number of rotatable bonds is 4. The minimum absolute atomic E-state index is 0.0198. The van der Waals surface area contributed by atoms with Crippen molar-refractivity contribution in [3.8, 4) is 0 Å². The van der Waals surface area contributed by atoms with E-state index in [1.54, 1.807) is 30.1 Å².